The van der Waals surface area contributed by atoms with Gasteiger partial charge in [0.15, 0.2) is 5.96 Å². The second-order valence-corrected chi connectivity index (χ2v) is 4.97. The molecule has 1 aliphatic rings. The Morgan fingerprint density at radius 2 is 2.04 bits per heavy atom. The molecule has 1 rings (SSSR count). The fourth-order valence-corrected chi connectivity index (χ4v) is 2.18. The number of amides is 1. The molecule has 5 atom stereocenters. The van der Waals surface area contributed by atoms with Crippen molar-refractivity contribution in [3.63, 3.8) is 0 Å². The predicted molar refractivity (Wildman–Crippen MR) is 76.1 cm³/mol. The normalized spacial score (nSPS) is 26.3. The molecule has 130 valence electrons. The van der Waals surface area contributed by atoms with Crippen LogP contribution in [0.15, 0.2) is 11.8 Å². The summed E-state index contributed by atoms with van der Waals surface area (Å²) in [6.07, 6.45) is -3.63. The highest BCUT2D eigenvalue weighted by Gasteiger charge is 2.43. The fraction of sp³-hybridized carbons (Fsp3) is 0.583. The van der Waals surface area contributed by atoms with E-state index in [1.807, 2.05) is 0 Å². The Morgan fingerprint density at radius 3 is 2.48 bits per heavy atom. The fourth-order valence-electron chi connectivity index (χ4n) is 2.18. The third-order valence-electron chi connectivity index (χ3n) is 3.16. The number of hydrogen-bond acceptors (Lipinski definition) is 7. The molecular formula is C12H20N4O7. The van der Waals surface area contributed by atoms with E-state index < -0.39 is 60.6 Å². The standard InChI is InChI=1S/C12H20N4O7/c1-4(18)15-8-5(16-12(13)14)2-7(11(21)22)23-10(8)9(20)6(19)3-17/h2,5-6,8-10,17,19-20H,3H2,1H3,(H,15,18)(H,21,22)(H4,13,14,16)/t5-,6?,8+,9?,10+/m1/s1. The molecule has 1 amide bonds. The first-order valence-corrected chi connectivity index (χ1v) is 6.63. The molecule has 1 heterocycles. The SMILES string of the molecule is CC(=O)N[C@@H]1[C@@H](C(O)C(O)CO)OC(C(=O)O)=C[C@H]1NC(=N)N. The quantitative estimate of drug-likeness (QED) is 0.179. The van der Waals surface area contributed by atoms with Crippen LogP contribution >= 0.6 is 0 Å². The van der Waals surface area contributed by atoms with Gasteiger partial charge in [0.1, 0.15) is 18.3 Å². The summed E-state index contributed by atoms with van der Waals surface area (Å²) >= 11 is 0. The zero-order valence-electron chi connectivity index (χ0n) is 12.3. The van der Waals surface area contributed by atoms with Gasteiger partial charge in [0, 0.05) is 6.92 Å². The Hall–Kier alpha value is -2.37. The van der Waals surface area contributed by atoms with Crippen molar-refractivity contribution in [1.82, 2.24) is 10.6 Å². The van der Waals surface area contributed by atoms with Crippen LogP contribution < -0.4 is 16.4 Å². The number of ether oxygens (including phenoxy) is 1. The molecule has 11 heteroatoms. The van der Waals surface area contributed by atoms with Crippen molar-refractivity contribution >= 4 is 17.8 Å². The van der Waals surface area contributed by atoms with Crippen molar-refractivity contribution < 1.29 is 34.8 Å². The molecular weight excluding hydrogens is 312 g/mol. The van der Waals surface area contributed by atoms with Crippen LogP contribution in [0.1, 0.15) is 6.92 Å². The predicted octanol–water partition coefficient (Wildman–Crippen LogP) is -3.58. The molecule has 1 aliphatic heterocycles. The summed E-state index contributed by atoms with van der Waals surface area (Å²) in [5.41, 5.74) is 5.24. The molecule has 23 heavy (non-hydrogen) atoms. The third kappa shape index (κ3) is 4.81. The van der Waals surface area contributed by atoms with Crippen LogP contribution in [0, 0.1) is 5.41 Å². The van der Waals surface area contributed by atoms with Crippen LogP contribution in [-0.2, 0) is 14.3 Å². The monoisotopic (exact) mass is 332 g/mol. The molecule has 0 radical (unpaired) electrons. The van der Waals surface area contributed by atoms with Gasteiger partial charge < -0.3 is 41.5 Å². The average molecular weight is 332 g/mol. The molecule has 0 saturated heterocycles. The van der Waals surface area contributed by atoms with E-state index in [1.165, 1.54) is 6.92 Å². The molecule has 0 spiro atoms. The molecule has 0 aromatic rings. The molecule has 9 N–H and O–H groups in total. The van der Waals surface area contributed by atoms with E-state index in [0.29, 0.717) is 0 Å². The van der Waals surface area contributed by atoms with Crippen molar-refractivity contribution in [2.75, 3.05) is 6.61 Å². The van der Waals surface area contributed by atoms with Crippen molar-refractivity contribution in [2.45, 2.75) is 37.3 Å². The largest absolute Gasteiger partial charge is 0.478 e. The number of carbonyl (C=O) groups is 2. The maximum atomic E-state index is 11.4. The summed E-state index contributed by atoms with van der Waals surface area (Å²) in [6.45, 7) is 0.387. The van der Waals surface area contributed by atoms with Crippen LogP contribution in [-0.4, -0.2) is 75.3 Å². The van der Waals surface area contributed by atoms with E-state index in [2.05, 4.69) is 10.6 Å². The molecule has 0 saturated carbocycles. The van der Waals surface area contributed by atoms with Gasteiger partial charge in [0.2, 0.25) is 11.7 Å². The summed E-state index contributed by atoms with van der Waals surface area (Å²) in [4.78, 5) is 22.5. The molecule has 0 fully saturated rings. The average Bonchev–Trinajstić information content (AvgIpc) is 2.45. The summed E-state index contributed by atoms with van der Waals surface area (Å²) in [7, 11) is 0. The maximum absolute atomic E-state index is 11.4. The number of aliphatic hydroxyl groups excluding tert-OH is 3. The first-order chi connectivity index (χ1) is 10.7. The number of rotatable bonds is 6. The first kappa shape index (κ1) is 18.7. The highest BCUT2D eigenvalue weighted by atomic mass is 16.5. The second-order valence-electron chi connectivity index (χ2n) is 4.97. The van der Waals surface area contributed by atoms with Crippen LogP contribution in [0.2, 0.25) is 0 Å². The lowest BCUT2D eigenvalue weighted by Gasteiger charge is -2.40. The summed E-state index contributed by atoms with van der Waals surface area (Å²) < 4.78 is 5.13. The van der Waals surface area contributed by atoms with Crippen LogP contribution in [0.4, 0.5) is 0 Å². The highest BCUT2D eigenvalue weighted by Crippen LogP contribution is 2.23. The maximum Gasteiger partial charge on any atom is 0.370 e. The minimum Gasteiger partial charge on any atom is -0.478 e. The summed E-state index contributed by atoms with van der Waals surface area (Å²) in [5, 5.41) is 49.8. The van der Waals surface area contributed by atoms with Gasteiger partial charge in [-0.2, -0.15) is 0 Å². The van der Waals surface area contributed by atoms with E-state index >= 15 is 0 Å². The van der Waals surface area contributed by atoms with Crippen molar-refractivity contribution in [3.05, 3.63) is 11.8 Å². The third-order valence-corrected chi connectivity index (χ3v) is 3.16. The van der Waals surface area contributed by atoms with Gasteiger partial charge in [-0.1, -0.05) is 0 Å². The van der Waals surface area contributed by atoms with Gasteiger partial charge in [-0.15, -0.1) is 0 Å². The Bertz CT molecular complexity index is 510. The summed E-state index contributed by atoms with van der Waals surface area (Å²) in [6, 6.07) is -2.03. The number of aliphatic hydroxyl groups is 3. The van der Waals surface area contributed by atoms with E-state index in [9.17, 15) is 19.8 Å². The Kier molecular flexibility index (Phi) is 6.30. The van der Waals surface area contributed by atoms with Crippen LogP contribution in [0.3, 0.4) is 0 Å². The number of hydrogen-bond donors (Lipinski definition) is 8. The minimum atomic E-state index is -1.70. The van der Waals surface area contributed by atoms with E-state index in [0.717, 1.165) is 6.08 Å². The number of carboxylic acid groups (broad SMARTS) is 1. The molecule has 0 aliphatic carbocycles. The summed E-state index contributed by atoms with van der Waals surface area (Å²) in [5.74, 6) is -3.02. The zero-order chi connectivity index (χ0) is 17.7. The number of carboxylic acids is 1. The first-order valence-electron chi connectivity index (χ1n) is 6.63. The zero-order valence-corrected chi connectivity index (χ0v) is 12.3. The van der Waals surface area contributed by atoms with E-state index in [-0.39, 0.29) is 0 Å². The molecule has 2 unspecified atom stereocenters. The van der Waals surface area contributed by atoms with Gasteiger partial charge in [0.05, 0.1) is 18.7 Å². The van der Waals surface area contributed by atoms with E-state index in [4.69, 9.17) is 26.1 Å². The van der Waals surface area contributed by atoms with Gasteiger partial charge in [-0.25, -0.2) is 4.79 Å². The smallest absolute Gasteiger partial charge is 0.370 e. The van der Waals surface area contributed by atoms with Crippen molar-refractivity contribution in [1.29, 1.82) is 5.41 Å². The van der Waals surface area contributed by atoms with Gasteiger partial charge >= 0.3 is 5.97 Å². The molecule has 0 bridgehead atoms. The molecule has 11 nitrogen and oxygen atoms in total. The molecule has 0 aromatic carbocycles. The highest BCUT2D eigenvalue weighted by molar-refractivity contribution is 5.85. The van der Waals surface area contributed by atoms with Crippen molar-refractivity contribution in [3.8, 4) is 0 Å². The van der Waals surface area contributed by atoms with Gasteiger partial charge in [-0.05, 0) is 6.08 Å². The van der Waals surface area contributed by atoms with E-state index in [1.54, 1.807) is 0 Å². The second kappa shape index (κ2) is 7.76. The number of aliphatic carboxylic acids is 1. The Labute approximate surface area is 131 Å². The number of carbonyl (C=O) groups excluding carboxylic acids is 1. The molecule has 0 aromatic heterocycles. The topological polar surface area (TPSA) is 198 Å². The lowest BCUT2D eigenvalue weighted by atomic mass is 9.92. The minimum absolute atomic E-state index is 0.496. The lowest BCUT2D eigenvalue weighted by molar-refractivity contribution is -0.146. The van der Waals surface area contributed by atoms with Gasteiger partial charge in [0.25, 0.3) is 0 Å². The van der Waals surface area contributed by atoms with Crippen LogP contribution in [0.5, 0.6) is 0 Å². The number of nitrogens with two attached hydrogens (primary N) is 1. The number of nitrogens with one attached hydrogen (secondary N) is 3. The number of guanidine groups is 1. The lowest BCUT2D eigenvalue weighted by Crippen LogP contribution is -2.64. The Balaban J connectivity index is 3.22. The van der Waals surface area contributed by atoms with Crippen LogP contribution in [0.25, 0.3) is 0 Å². The van der Waals surface area contributed by atoms with Gasteiger partial charge in [-0.3, -0.25) is 10.2 Å². The Morgan fingerprint density at radius 1 is 1.43 bits per heavy atom. The van der Waals surface area contributed by atoms with Crippen molar-refractivity contribution in [2.24, 2.45) is 5.73 Å².